The maximum atomic E-state index is 13.0. The van der Waals surface area contributed by atoms with E-state index in [1.54, 1.807) is 42.1 Å². The number of nitrogens with one attached hydrogen (secondary N) is 2. The van der Waals surface area contributed by atoms with Crippen LogP contribution in [0.5, 0.6) is 0 Å². The fourth-order valence-electron chi connectivity index (χ4n) is 3.17. The quantitative estimate of drug-likeness (QED) is 0.752. The van der Waals surface area contributed by atoms with Crippen LogP contribution in [0.2, 0.25) is 0 Å². The second-order valence-corrected chi connectivity index (χ2v) is 7.14. The van der Waals surface area contributed by atoms with E-state index in [0.717, 1.165) is 16.3 Å². The van der Waals surface area contributed by atoms with Crippen molar-refractivity contribution in [3.63, 3.8) is 0 Å². The molecule has 4 amide bonds. The van der Waals surface area contributed by atoms with Crippen LogP contribution in [-0.2, 0) is 16.1 Å². The molecule has 27 heavy (non-hydrogen) atoms. The van der Waals surface area contributed by atoms with Crippen molar-refractivity contribution >= 4 is 29.6 Å². The van der Waals surface area contributed by atoms with Crippen LogP contribution in [0, 0.1) is 0 Å². The Labute approximate surface area is 162 Å². The molecule has 1 heterocycles. The molecule has 2 N–H and O–H groups in total. The van der Waals surface area contributed by atoms with Crippen LogP contribution in [-0.4, -0.2) is 29.1 Å². The lowest BCUT2D eigenvalue weighted by atomic mass is 9.87. The number of nitrogens with zero attached hydrogens (tertiary/aromatic N) is 1. The lowest BCUT2D eigenvalue weighted by molar-refractivity contribution is -0.133. The number of carbonyl (C=O) groups is 3. The van der Waals surface area contributed by atoms with Crippen molar-refractivity contribution in [2.24, 2.45) is 0 Å². The molecule has 7 heteroatoms. The average molecular weight is 383 g/mol. The highest BCUT2D eigenvalue weighted by atomic mass is 32.2. The van der Waals surface area contributed by atoms with Crippen LogP contribution in [0.3, 0.4) is 0 Å². The van der Waals surface area contributed by atoms with Crippen LogP contribution in [0.1, 0.15) is 34.8 Å². The summed E-state index contributed by atoms with van der Waals surface area (Å²) in [4.78, 5) is 38.1. The Bertz CT molecular complexity index is 872. The second-order valence-electron chi connectivity index (χ2n) is 6.27. The van der Waals surface area contributed by atoms with Crippen LogP contribution >= 0.6 is 11.8 Å². The molecule has 0 spiro atoms. The Morgan fingerprint density at radius 1 is 1.15 bits per heavy atom. The van der Waals surface area contributed by atoms with Gasteiger partial charge in [-0.15, -0.1) is 0 Å². The first-order valence-electron chi connectivity index (χ1n) is 8.63. The maximum absolute atomic E-state index is 13.0. The van der Waals surface area contributed by atoms with Crippen molar-refractivity contribution in [1.29, 1.82) is 0 Å². The molecule has 0 saturated carbocycles. The summed E-state index contributed by atoms with van der Waals surface area (Å²) in [5, 5.41) is 3.52. The maximum Gasteiger partial charge on any atom is 0.344 e. The highest BCUT2D eigenvalue weighted by Crippen LogP contribution is 2.31. The molecule has 1 atom stereocenters. The molecule has 1 aliphatic heterocycles. The average Bonchev–Trinajstić information content (AvgIpc) is 2.94. The lowest BCUT2D eigenvalue weighted by Crippen LogP contribution is -2.48. The first-order valence-corrected chi connectivity index (χ1v) is 10.0. The van der Waals surface area contributed by atoms with Gasteiger partial charge >= 0.3 is 6.03 Å². The molecule has 1 aliphatic rings. The van der Waals surface area contributed by atoms with Crippen molar-refractivity contribution in [2.45, 2.75) is 24.6 Å². The molecule has 1 saturated heterocycles. The number of amides is 4. The van der Waals surface area contributed by atoms with E-state index in [2.05, 4.69) is 10.7 Å². The lowest BCUT2D eigenvalue weighted by Gasteiger charge is -2.25. The summed E-state index contributed by atoms with van der Waals surface area (Å²) >= 11 is 1.65. The molecule has 0 unspecified atom stereocenters. The van der Waals surface area contributed by atoms with E-state index in [4.69, 9.17) is 0 Å². The van der Waals surface area contributed by atoms with E-state index < -0.39 is 23.4 Å². The fraction of sp³-hybridized carbons (Fsp3) is 0.250. The molecular formula is C20H21N3O3S. The fourth-order valence-corrected chi connectivity index (χ4v) is 3.69. The van der Waals surface area contributed by atoms with E-state index in [1.807, 2.05) is 37.4 Å². The Morgan fingerprint density at radius 2 is 1.89 bits per heavy atom. The van der Waals surface area contributed by atoms with Gasteiger partial charge in [0.1, 0.15) is 5.54 Å². The predicted molar refractivity (Wildman–Crippen MR) is 105 cm³/mol. The van der Waals surface area contributed by atoms with Crippen molar-refractivity contribution in [2.75, 3.05) is 6.26 Å². The van der Waals surface area contributed by atoms with Gasteiger partial charge < -0.3 is 5.32 Å². The number of hydrazine groups is 1. The zero-order chi connectivity index (χ0) is 19.4. The van der Waals surface area contributed by atoms with E-state index in [9.17, 15) is 14.4 Å². The summed E-state index contributed by atoms with van der Waals surface area (Å²) in [5.41, 5.74) is 3.36. The third-order valence-corrected chi connectivity index (χ3v) is 5.22. The van der Waals surface area contributed by atoms with Gasteiger partial charge in [-0.1, -0.05) is 49.4 Å². The van der Waals surface area contributed by atoms with Crippen molar-refractivity contribution in [3.05, 3.63) is 71.3 Å². The largest absolute Gasteiger partial charge is 0.344 e. The van der Waals surface area contributed by atoms with Gasteiger partial charge in [0.05, 0.1) is 0 Å². The van der Waals surface area contributed by atoms with Crippen molar-refractivity contribution in [3.8, 4) is 0 Å². The number of hydrogen-bond acceptors (Lipinski definition) is 4. The Kier molecular flexibility index (Phi) is 5.51. The van der Waals surface area contributed by atoms with E-state index in [0.29, 0.717) is 17.5 Å². The Hall–Kier alpha value is -2.80. The minimum absolute atomic E-state index is 0.372. The molecule has 140 valence electrons. The minimum Gasteiger partial charge on any atom is -0.318 e. The number of imide groups is 1. The van der Waals surface area contributed by atoms with Crippen LogP contribution in [0.4, 0.5) is 4.79 Å². The topological polar surface area (TPSA) is 78.5 Å². The smallest absolute Gasteiger partial charge is 0.318 e. The third kappa shape index (κ3) is 3.55. The van der Waals surface area contributed by atoms with Gasteiger partial charge in [-0.25, -0.2) is 4.79 Å². The van der Waals surface area contributed by atoms with Crippen LogP contribution < -0.4 is 10.7 Å². The van der Waals surface area contributed by atoms with E-state index in [-0.39, 0.29) is 0 Å². The number of benzene rings is 2. The summed E-state index contributed by atoms with van der Waals surface area (Å²) in [7, 11) is 0. The Morgan fingerprint density at radius 3 is 2.56 bits per heavy atom. The minimum atomic E-state index is -1.17. The highest BCUT2D eigenvalue weighted by molar-refractivity contribution is 7.97. The molecule has 2 aromatic carbocycles. The summed E-state index contributed by atoms with van der Waals surface area (Å²) in [6, 6.07) is 15.5. The van der Waals surface area contributed by atoms with Gasteiger partial charge in [-0.3, -0.25) is 15.0 Å². The second kappa shape index (κ2) is 7.84. The molecule has 0 radical (unpaired) electrons. The Balaban J connectivity index is 1.83. The molecule has 0 aromatic heterocycles. The van der Waals surface area contributed by atoms with E-state index >= 15 is 0 Å². The highest BCUT2D eigenvalue weighted by Gasteiger charge is 2.52. The zero-order valence-corrected chi connectivity index (χ0v) is 16.0. The van der Waals surface area contributed by atoms with Gasteiger partial charge in [0.15, 0.2) is 0 Å². The monoisotopic (exact) mass is 383 g/mol. The molecular weight excluding hydrogens is 362 g/mol. The number of urea groups is 1. The molecule has 0 bridgehead atoms. The first kappa shape index (κ1) is 19.0. The van der Waals surface area contributed by atoms with Crippen LogP contribution in [0.25, 0.3) is 0 Å². The summed E-state index contributed by atoms with van der Waals surface area (Å²) in [5.74, 6) is -0.215. The number of rotatable bonds is 6. The van der Waals surface area contributed by atoms with Crippen LogP contribution in [0.15, 0.2) is 54.6 Å². The molecule has 3 rings (SSSR count). The first-order chi connectivity index (χ1) is 13.0. The van der Waals surface area contributed by atoms with Crippen molar-refractivity contribution < 1.29 is 14.4 Å². The summed E-state index contributed by atoms with van der Waals surface area (Å²) < 4.78 is 0. The van der Waals surface area contributed by atoms with Crippen molar-refractivity contribution in [1.82, 2.24) is 15.8 Å². The van der Waals surface area contributed by atoms with Gasteiger partial charge in [0.2, 0.25) is 0 Å². The van der Waals surface area contributed by atoms with Gasteiger partial charge in [-0.05, 0) is 35.9 Å². The number of thioether (sulfide) groups is 1. The van der Waals surface area contributed by atoms with E-state index in [1.165, 1.54) is 0 Å². The normalized spacial score (nSPS) is 19.1. The van der Waals surface area contributed by atoms with Gasteiger partial charge in [0.25, 0.3) is 11.8 Å². The van der Waals surface area contributed by atoms with Gasteiger partial charge in [0, 0.05) is 11.3 Å². The summed E-state index contributed by atoms with van der Waals surface area (Å²) in [6.45, 7) is 1.82. The SMILES string of the molecule is CC[C@@]1(c2ccccc2)NC(=O)N(NC(=O)c2cccc(CSC)c2)C1=O. The number of carbonyl (C=O) groups excluding carboxylic acids is 3. The number of hydrogen-bond donors (Lipinski definition) is 2. The standard InChI is InChI=1S/C20H21N3O3S/c1-3-20(16-10-5-4-6-11-16)18(25)23(19(26)21-20)22-17(24)15-9-7-8-14(12-15)13-27-2/h4-12H,3,13H2,1-2H3,(H,21,26)(H,22,24)/t20-/m0/s1. The molecule has 1 fully saturated rings. The third-order valence-electron chi connectivity index (χ3n) is 4.60. The molecule has 2 aromatic rings. The molecule has 6 nitrogen and oxygen atoms in total. The molecule has 0 aliphatic carbocycles. The zero-order valence-electron chi connectivity index (χ0n) is 15.2. The van der Waals surface area contributed by atoms with Gasteiger partial charge in [-0.2, -0.15) is 16.8 Å². The predicted octanol–water partition coefficient (Wildman–Crippen LogP) is 3.05. The summed E-state index contributed by atoms with van der Waals surface area (Å²) in [6.07, 6.45) is 2.35.